The van der Waals surface area contributed by atoms with Crippen LogP contribution in [-0.2, 0) is 0 Å². The van der Waals surface area contributed by atoms with Crippen molar-refractivity contribution in [2.24, 2.45) is 10.9 Å². The SMILES string of the molecule is CC.CCN=C1CC(C)C=CN1C. The van der Waals surface area contributed by atoms with E-state index < -0.39 is 0 Å². The van der Waals surface area contributed by atoms with Crippen molar-refractivity contribution in [3.8, 4) is 0 Å². The van der Waals surface area contributed by atoms with Gasteiger partial charge in [0.2, 0.25) is 0 Å². The summed E-state index contributed by atoms with van der Waals surface area (Å²) in [5.74, 6) is 1.86. The predicted molar refractivity (Wildman–Crippen MR) is 60.0 cm³/mol. The molecule has 0 saturated carbocycles. The Balaban J connectivity index is 0.000000671. The molecule has 1 aliphatic rings. The Kier molecular flexibility index (Phi) is 6.29. The van der Waals surface area contributed by atoms with Crippen molar-refractivity contribution in [1.82, 2.24) is 4.90 Å². The maximum absolute atomic E-state index is 4.41. The van der Waals surface area contributed by atoms with E-state index in [0.717, 1.165) is 13.0 Å². The van der Waals surface area contributed by atoms with Crippen LogP contribution in [0.1, 0.15) is 34.1 Å². The molecule has 1 rings (SSSR count). The Morgan fingerprint density at radius 2 is 2.15 bits per heavy atom. The van der Waals surface area contributed by atoms with Crippen molar-refractivity contribution in [3.05, 3.63) is 12.3 Å². The van der Waals surface area contributed by atoms with Gasteiger partial charge in [-0.15, -0.1) is 0 Å². The van der Waals surface area contributed by atoms with E-state index in [1.54, 1.807) is 0 Å². The molecule has 0 saturated heterocycles. The van der Waals surface area contributed by atoms with Crippen LogP contribution in [0.5, 0.6) is 0 Å². The summed E-state index contributed by atoms with van der Waals surface area (Å²) >= 11 is 0. The molecule has 0 aromatic rings. The molecule has 0 N–H and O–H groups in total. The molecule has 13 heavy (non-hydrogen) atoms. The molecular weight excluding hydrogens is 160 g/mol. The molecule has 1 unspecified atom stereocenters. The van der Waals surface area contributed by atoms with Gasteiger partial charge in [0.05, 0.1) is 0 Å². The first-order valence-electron chi connectivity index (χ1n) is 5.18. The summed E-state index contributed by atoms with van der Waals surface area (Å²) in [6.07, 6.45) is 5.40. The van der Waals surface area contributed by atoms with Crippen LogP contribution < -0.4 is 0 Å². The zero-order chi connectivity index (χ0) is 10.3. The zero-order valence-corrected chi connectivity index (χ0v) is 9.54. The summed E-state index contributed by atoms with van der Waals surface area (Å²) < 4.78 is 0. The average molecular weight is 182 g/mol. The molecule has 0 spiro atoms. The fourth-order valence-corrected chi connectivity index (χ4v) is 1.22. The molecule has 1 aliphatic heterocycles. The van der Waals surface area contributed by atoms with Crippen molar-refractivity contribution in [1.29, 1.82) is 0 Å². The molecule has 2 nitrogen and oxygen atoms in total. The van der Waals surface area contributed by atoms with Gasteiger partial charge in [-0.05, 0) is 12.8 Å². The molecule has 76 valence electrons. The highest BCUT2D eigenvalue weighted by Gasteiger charge is 2.11. The van der Waals surface area contributed by atoms with Crippen molar-refractivity contribution in [2.75, 3.05) is 13.6 Å². The third-order valence-electron chi connectivity index (χ3n) is 1.89. The minimum Gasteiger partial charge on any atom is -0.340 e. The lowest BCUT2D eigenvalue weighted by atomic mass is 10.0. The maximum Gasteiger partial charge on any atom is 0.103 e. The monoisotopic (exact) mass is 182 g/mol. The summed E-state index contributed by atoms with van der Waals surface area (Å²) in [7, 11) is 2.05. The van der Waals surface area contributed by atoms with Gasteiger partial charge in [-0.25, -0.2) is 0 Å². The van der Waals surface area contributed by atoms with E-state index in [2.05, 4.69) is 43.1 Å². The Bertz CT molecular complexity index is 183. The van der Waals surface area contributed by atoms with E-state index in [-0.39, 0.29) is 0 Å². The molecule has 0 aliphatic carbocycles. The first-order chi connectivity index (χ1) is 6.24. The van der Waals surface area contributed by atoms with Gasteiger partial charge in [-0.1, -0.05) is 26.8 Å². The van der Waals surface area contributed by atoms with E-state index >= 15 is 0 Å². The zero-order valence-electron chi connectivity index (χ0n) is 9.54. The second-order valence-electron chi connectivity index (χ2n) is 3.02. The van der Waals surface area contributed by atoms with E-state index in [4.69, 9.17) is 0 Å². The second kappa shape index (κ2) is 6.70. The molecule has 0 aromatic heterocycles. The minimum absolute atomic E-state index is 0.650. The number of hydrogen-bond acceptors (Lipinski definition) is 1. The molecule has 0 radical (unpaired) electrons. The lowest BCUT2D eigenvalue weighted by Gasteiger charge is -2.23. The molecule has 0 fully saturated rings. The van der Waals surface area contributed by atoms with Crippen molar-refractivity contribution >= 4 is 5.84 Å². The summed E-state index contributed by atoms with van der Waals surface area (Å²) in [6.45, 7) is 9.18. The van der Waals surface area contributed by atoms with Crippen LogP contribution >= 0.6 is 0 Å². The number of hydrogen-bond donors (Lipinski definition) is 0. The van der Waals surface area contributed by atoms with Gasteiger partial charge < -0.3 is 4.90 Å². The molecule has 1 atom stereocenters. The number of rotatable bonds is 1. The lowest BCUT2D eigenvalue weighted by molar-refractivity contribution is 0.582. The van der Waals surface area contributed by atoms with Gasteiger partial charge in [0.25, 0.3) is 0 Å². The molecule has 1 heterocycles. The first kappa shape index (κ1) is 12.2. The van der Waals surface area contributed by atoms with Gasteiger partial charge in [-0.3, -0.25) is 4.99 Å². The van der Waals surface area contributed by atoms with Crippen LogP contribution in [0.4, 0.5) is 0 Å². The molecule has 0 bridgehead atoms. The van der Waals surface area contributed by atoms with E-state index in [9.17, 15) is 0 Å². The molecule has 2 heteroatoms. The minimum atomic E-state index is 0.650. The molecular formula is C11H22N2. The summed E-state index contributed by atoms with van der Waals surface area (Å²) in [6, 6.07) is 0. The maximum atomic E-state index is 4.41. The van der Waals surface area contributed by atoms with Crippen LogP contribution in [0, 0.1) is 5.92 Å². The second-order valence-corrected chi connectivity index (χ2v) is 3.02. The van der Waals surface area contributed by atoms with Crippen LogP contribution in [0.3, 0.4) is 0 Å². The van der Waals surface area contributed by atoms with Crippen molar-refractivity contribution in [3.63, 3.8) is 0 Å². The lowest BCUT2D eigenvalue weighted by Crippen LogP contribution is -2.26. The summed E-state index contributed by atoms with van der Waals surface area (Å²) in [5.41, 5.74) is 0. The highest BCUT2D eigenvalue weighted by molar-refractivity contribution is 5.84. The molecule has 0 amide bonds. The van der Waals surface area contributed by atoms with Crippen LogP contribution in [0.2, 0.25) is 0 Å². The van der Waals surface area contributed by atoms with Crippen LogP contribution in [-0.4, -0.2) is 24.3 Å². The van der Waals surface area contributed by atoms with E-state index in [1.807, 2.05) is 13.8 Å². The van der Waals surface area contributed by atoms with Crippen molar-refractivity contribution in [2.45, 2.75) is 34.1 Å². The van der Waals surface area contributed by atoms with E-state index in [0.29, 0.717) is 5.92 Å². The highest BCUT2D eigenvalue weighted by atomic mass is 15.1. The number of amidine groups is 1. The van der Waals surface area contributed by atoms with Gasteiger partial charge in [0, 0.05) is 26.2 Å². The van der Waals surface area contributed by atoms with Gasteiger partial charge in [0.1, 0.15) is 5.84 Å². The predicted octanol–water partition coefficient (Wildman–Crippen LogP) is 2.92. The third kappa shape index (κ3) is 4.11. The van der Waals surface area contributed by atoms with Gasteiger partial charge in [-0.2, -0.15) is 0 Å². The van der Waals surface area contributed by atoms with Crippen molar-refractivity contribution < 1.29 is 0 Å². The average Bonchev–Trinajstić information content (AvgIpc) is 2.15. The molecule has 0 aromatic carbocycles. The Hall–Kier alpha value is -0.790. The topological polar surface area (TPSA) is 15.6 Å². The first-order valence-corrected chi connectivity index (χ1v) is 5.18. The van der Waals surface area contributed by atoms with Gasteiger partial charge in [0.15, 0.2) is 0 Å². The fourth-order valence-electron chi connectivity index (χ4n) is 1.22. The standard InChI is InChI=1S/C9H16N2.C2H6/c1-4-10-9-7-8(2)5-6-11(9)3;1-2/h5-6,8H,4,7H2,1-3H3;1-2H3. The highest BCUT2D eigenvalue weighted by Crippen LogP contribution is 2.13. The Morgan fingerprint density at radius 1 is 1.54 bits per heavy atom. The third-order valence-corrected chi connectivity index (χ3v) is 1.89. The Labute approximate surface area is 82.4 Å². The number of allylic oxidation sites excluding steroid dienone is 1. The number of aliphatic imine (C=N–C) groups is 1. The largest absolute Gasteiger partial charge is 0.340 e. The van der Waals surface area contributed by atoms with Crippen LogP contribution in [0.15, 0.2) is 17.3 Å². The normalized spacial score (nSPS) is 24.2. The van der Waals surface area contributed by atoms with Gasteiger partial charge >= 0.3 is 0 Å². The van der Waals surface area contributed by atoms with Crippen LogP contribution in [0.25, 0.3) is 0 Å². The van der Waals surface area contributed by atoms with E-state index in [1.165, 1.54) is 5.84 Å². The number of nitrogens with zero attached hydrogens (tertiary/aromatic N) is 2. The smallest absolute Gasteiger partial charge is 0.103 e. The quantitative estimate of drug-likeness (QED) is 0.609. The summed E-state index contributed by atoms with van der Waals surface area (Å²) in [4.78, 5) is 6.51. The summed E-state index contributed by atoms with van der Waals surface area (Å²) in [5, 5.41) is 0. The Morgan fingerprint density at radius 3 is 2.69 bits per heavy atom. The fraction of sp³-hybridized carbons (Fsp3) is 0.727.